The van der Waals surface area contributed by atoms with E-state index < -0.39 is 11.6 Å². The molecule has 0 radical (unpaired) electrons. The molecule has 1 atom stereocenters. The van der Waals surface area contributed by atoms with Gasteiger partial charge in [0, 0.05) is 19.1 Å². The number of carbonyl (C=O) groups excluding carboxylic acids is 1. The number of hydrogen-bond acceptors (Lipinski definition) is 4. The van der Waals surface area contributed by atoms with Crippen molar-refractivity contribution in [2.45, 2.75) is 51.8 Å². The first-order chi connectivity index (χ1) is 11.2. The van der Waals surface area contributed by atoms with Crippen LogP contribution in [0.4, 0.5) is 4.79 Å². The normalized spacial score (nSPS) is 18.9. The zero-order chi connectivity index (χ0) is 17.7. The van der Waals surface area contributed by atoms with Gasteiger partial charge >= 0.3 is 12.1 Å². The summed E-state index contributed by atoms with van der Waals surface area (Å²) in [6, 6.07) is 7.04. The lowest BCUT2D eigenvalue weighted by Crippen LogP contribution is -2.48. The lowest BCUT2D eigenvalue weighted by atomic mass is 10.0. The zero-order valence-electron chi connectivity index (χ0n) is 14.5. The molecule has 0 unspecified atom stereocenters. The number of aromatic carboxylic acids is 1. The highest BCUT2D eigenvalue weighted by molar-refractivity contribution is 5.87. The quantitative estimate of drug-likeness (QED) is 0.885. The second-order valence-corrected chi connectivity index (χ2v) is 7.23. The fraction of sp³-hybridized carbons (Fsp3) is 0.556. The Bertz CT molecular complexity index is 595. The average Bonchev–Trinajstić information content (AvgIpc) is 2.45. The van der Waals surface area contributed by atoms with Crippen LogP contribution in [0.5, 0.6) is 0 Å². The smallest absolute Gasteiger partial charge is 0.407 e. The largest absolute Gasteiger partial charge is 0.478 e. The third-order valence-corrected chi connectivity index (χ3v) is 3.81. The van der Waals surface area contributed by atoms with Gasteiger partial charge in [-0.2, -0.15) is 0 Å². The molecule has 0 aliphatic carbocycles. The molecule has 0 bridgehead atoms. The van der Waals surface area contributed by atoms with Gasteiger partial charge < -0.3 is 15.2 Å². The van der Waals surface area contributed by atoms with Crippen molar-refractivity contribution in [3.05, 3.63) is 35.4 Å². The van der Waals surface area contributed by atoms with E-state index in [0.29, 0.717) is 12.1 Å². The molecule has 24 heavy (non-hydrogen) atoms. The van der Waals surface area contributed by atoms with Crippen molar-refractivity contribution < 1.29 is 19.4 Å². The second-order valence-electron chi connectivity index (χ2n) is 7.23. The van der Waals surface area contributed by atoms with E-state index in [1.807, 2.05) is 26.8 Å². The molecule has 6 heteroatoms. The molecule has 1 heterocycles. The van der Waals surface area contributed by atoms with E-state index >= 15 is 0 Å². The lowest BCUT2D eigenvalue weighted by molar-refractivity contribution is 0.0469. The van der Waals surface area contributed by atoms with Crippen LogP contribution in [-0.4, -0.2) is 46.8 Å². The van der Waals surface area contributed by atoms with Crippen LogP contribution < -0.4 is 5.32 Å². The molecule has 1 fully saturated rings. The highest BCUT2D eigenvalue weighted by Gasteiger charge is 2.24. The number of benzene rings is 1. The van der Waals surface area contributed by atoms with Crippen LogP contribution >= 0.6 is 0 Å². The van der Waals surface area contributed by atoms with Gasteiger partial charge in [-0.05, 0) is 57.9 Å². The van der Waals surface area contributed by atoms with Gasteiger partial charge in [-0.25, -0.2) is 9.59 Å². The molecule has 0 aromatic heterocycles. The van der Waals surface area contributed by atoms with E-state index in [-0.39, 0.29) is 12.1 Å². The summed E-state index contributed by atoms with van der Waals surface area (Å²) in [5.74, 6) is -0.917. The van der Waals surface area contributed by atoms with Gasteiger partial charge in [-0.15, -0.1) is 0 Å². The number of nitrogens with zero attached hydrogens (tertiary/aromatic N) is 1. The van der Waals surface area contributed by atoms with Crippen LogP contribution in [-0.2, 0) is 11.3 Å². The van der Waals surface area contributed by atoms with Crippen LogP contribution in [0, 0.1) is 0 Å². The van der Waals surface area contributed by atoms with Crippen molar-refractivity contribution in [3.63, 3.8) is 0 Å². The van der Waals surface area contributed by atoms with Crippen molar-refractivity contribution in [3.8, 4) is 0 Å². The summed E-state index contributed by atoms with van der Waals surface area (Å²) in [7, 11) is 0. The number of carboxylic acid groups (broad SMARTS) is 1. The Hall–Kier alpha value is -2.08. The minimum Gasteiger partial charge on any atom is -0.478 e. The topological polar surface area (TPSA) is 78.9 Å². The van der Waals surface area contributed by atoms with Crippen molar-refractivity contribution in [1.82, 2.24) is 10.2 Å². The number of nitrogens with one attached hydrogen (secondary N) is 1. The molecule has 2 rings (SSSR count). The maximum absolute atomic E-state index is 11.9. The average molecular weight is 334 g/mol. The molecule has 1 saturated heterocycles. The Balaban J connectivity index is 1.90. The monoisotopic (exact) mass is 334 g/mol. The van der Waals surface area contributed by atoms with Crippen molar-refractivity contribution in [2.24, 2.45) is 0 Å². The second kappa shape index (κ2) is 7.66. The van der Waals surface area contributed by atoms with Crippen LogP contribution in [0.1, 0.15) is 49.5 Å². The summed E-state index contributed by atoms with van der Waals surface area (Å²) in [5, 5.41) is 12.0. The first kappa shape index (κ1) is 18.3. The molecule has 1 aromatic carbocycles. The third-order valence-electron chi connectivity index (χ3n) is 3.81. The Morgan fingerprint density at radius 3 is 2.79 bits per heavy atom. The molecule has 0 spiro atoms. The number of carbonyl (C=O) groups is 2. The highest BCUT2D eigenvalue weighted by atomic mass is 16.6. The summed E-state index contributed by atoms with van der Waals surface area (Å²) < 4.78 is 5.30. The number of rotatable bonds is 4. The SMILES string of the molecule is CC(C)(C)OC(=O)N[C@@H]1CCCN(Cc2cccc(C(=O)O)c2)C1. The minimum absolute atomic E-state index is 0.0521. The number of likely N-dealkylation sites (tertiary alicyclic amines) is 1. The first-order valence-corrected chi connectivity index (χ1v) is 8.27. The number of amides is 1. The maximum Gasteiger partial charge on any atom is 0.407 e. The highest BCUT2D eigenvalue weighted by Crippen LogP contribution is 2.16. The molecular weight excluding hydrogens is 308 g/mol. The van der Waals surface area contributed by atoms with E-state index in [9.17, 15) is 9.59 Å². The van der Waals surface area contributed by atoms with Gasteiger partial charge in [-0.1, -0.05) is 12.1 Å². The molecular formula is C18H26N2O4. The Morgan fingerprint density at radius 1 is 1.38 bits per heavy atom. The molecule has 132 valence electrons. The summed E-state index contributed by atoms with van der Waals surface area (Å²) >= 11 is 0. The van der Waals surface area contributed by atoms with Gasteiger partial charge in [0.25, 0.3) is 0 Å². The lowest BCUT2D eigenvalue weighted by Gasteiger charge is -2.33. The number of piperidine rings is 1. The van der Waals surface area contributed by atoms with Gasteiger partial charge in [0.05, 0.1) is 5.56 Å². The first-order valence-electron chi connectivity index (χ1n) is 8.27. The summed E-state index contributed by atoms with van der Waals surface area (Å²) in [5.41, 5.74) is 0.760. The predicted molar refractivity (Wildman–Crippen MR) is 91.1 cm³/mol. The van der Waals surface area contributed by atoms with Crippen LogP contribution in [0.3, 0.4) is 0 Å². The molecule has 2 N–H and O–H groups in total. The molecule has 0 saturated carbocycles. The Morgan fingerprint density at radius 2 is 2.12 bits per heavy atom. The van der Waals surface area contributed by atoms with E-state index in [1.54, 1.807) is 18.2 Å². The van der Waals surface area contributed by atoms with Crippen molar-refractivity contribution in [1.29, 1.82) is 0 Å². The van der Waals surface area contributed by atoms with Gasteiger partial charge in [0.15, 0.2) is 0 Å². The zero-order valence-corrected chi connectivity index (χ0v) is 14.5. The summed E-state index contributed by atoms with van der Waals surface area (Å²) in [4.78, 5) is 25.2. The fourth-order valence-corrected chi connectivity index (χ4v) is 2.85. The standard InChI is InChI=1S/C18H26N2O4/c1-18(2,3)24-17(23)19-15-8-5-9-20(12-15)11-13-6-4-7-14(10-13)16(21)22/h4,6-7,10,15H,5,8-9,11-12H2,1-3H3,(H,19,23)(H,21,22)/t15-/m1/s1. The third kappa shape index (κ3) is 5.85. The Labute approximate surface area is 142 Å². The molecule has 1 aliphatic rings. The van der Waals surface area contributed by atoms with Crippen LogP contribution in [0.25, 0.3) is 0 Å². The molecule has 1 aromatic rings. The molecule has 6 nitrogen and oxygen atoms in total. The van der Waals surface area contributed by atoms with Crippen LogP contribution in [0.15, 0.2) is 24.3 Å². The number of alkyl carbamates (subject to hydrolysis) is 1. The summed E-state index contributed by atoms with van der Waals surface area (Å²) in [6.07, 6.45) is 1.52. The minimum atomic E-state index is -0.917. The number of carboxylic acids is 1. The van der Waals surface area contributed by atoms with Crippen LogP contribution in [0.2, 0.25) is 0 Å². The van der Waals surface area contributed by atoms with Gasteiger partial charge in [0.2, 0.25) is 0 Å². The van der Waals surface area contributed by atoms with Gasteiger partial charge in [0.1, 0.15) is 5.60 Å². The maximum atomic E-state index is 11.9. The van der Waals surface area contributed by atoms with E-state index in [1.165, 1.54) is 0 Å². The van der Waals surface area contributed by atoms with E-state index in [2.05, 4.69) is 10.2 Å². The van der Waals surface area contributed by atoms with Gasteiger partial charge in [-0.3, -0.25) is 4.90 Å². The molecule has 1 amide bonds. The van der Waals surface area contributed by atoms with E-state index in [0.717, 1.165) is 31.5 Å². The predicted octanol–water partition coefficient (Wildman–Crippen LogP) is 2.87. The number of hydrogen-bond donors (Lipinski definition) is 2. The number of ether oxygens (including phenoxy) is 1. The summed E-state index contributed by atoms with van der Waals surface area (Å²) in [6.45, 7) is 7.87. The Kier molecular flexibility index (Phi) is 5.83. The van der Waals surface area contributed by atoms with Crippen molar-refractivity contribution in [2.75, 3.05) is 13.1 Å². The molecule has 1 aliphatic heterocycles. The van der Waals surface area contributed by atoms with Crippen molar-refractivity contribution >= 4 is 12.1 Å². The fourth-order valence-electron chi connectivity index (χ4n) is 2.85. The van der Waals surface area contributed by atoms with E-state index in [4.69, 9.17) is 9.84 Å².